The van der Waals surface area contributed by atoms with Gasteiger partial charge in [0.25, 0.3) is 0 Å². The fraction of sp³-hybridized carbons (Fsp3) is 0.0588. The van der Waals surface area contributed by atoms with Gasteiger partial charge in [-0.15, -0.1) is 10.2 Å². The number of hydrogen-bond donors (Lipinski definition) is 0. The van der Waals surface area contributed by atoms with Crippen molar-refractivity contribution < 1.29 is 8.42 Å². The summed E-state index contributed by atoms with van der Waals surface area (Å²) >= 11 is 1.30. The van der Waals surface area contributed by atoms with Crippen LogP contribution in [0.25, 0.3) is 16.6 Å². The van der Waals surface area contributed by atoms with Crippen LogP contribution in [0, 0.1) is 0 Å². The number of sulfone groups is 1. The highest BCUT2D eigenvalue weighted by atomic mass is 32.2. The summed E-state index contributed by atoms with van der Waals surface area (Å²) < 4.78 is 24.3. The highest BCUT2D eigenvalue weighted by Gasteiger charge is 2.13. The van der Waals surface area contributed by atoms with Gasteiger partial charge in [-0.05, 0) is 11.6 Å². The van der Waals surface area contributed by atoms with Crippen molar-refractivity contribution in [2.45, 2.75) is 5.75 Å². The molecule has 0 atom stereocenters. The Balaban J connectivity index is 1.74. The molecule has 0 unspecified atom stereocenters. The second-order valence-electron chi connectivity index (χ2n) is 4.89. The van der Waals surface area contributed by atoms with Gasteiger partial charge in [-0.25, -0.2) is 8.42 Å². The first-order valence-electron chi connectivity index (χ1n) is 6.96. The summed E-state index contributed by atoms with van der Waals surface area (Å²) in [4.78, 5) is 0. The minimum absolute atomic E-state index is 0.138. The van der Waals surface area contributed by atoms with Gasteiger partial charge in [0.2, 0.25) is 0 Å². The minimum Gasteiger partial charge on any atom is -0.224 e. The summed E-state index contributed by atoms with van der Waals surface area (Å²) in [7, 11) is -3.37. The van der Waals surface area contributed by atoms with Gasteiger partial charge >= 0.3 is 0 Å². The fourth-order valence-corrected chi connectivity index (χ4v) is 4.21. The molecule has 0 N–H and O–H groups in total. The summed E-state index contributed by atoms with van der Waals surface area (Å²) in [5.74, 6) is -0.138. The second kappa shape index (κ2) is 6.85. The molecule has 0 bridgehead atoms. The molecule has 0 saturated heterocycles. The molecule has 3 rings (SSSR count). The van der Waals surface area contributed by atoms with E-state index >= 15 is 0 Å². The molecule has 0 aliphatic heterocycles. The third-order valence-electron chi connectivity index (χ3n) is 3.08. The molecule has 116 valence electrons. The van der Waals surface area contributed by atoms with Gasteiger partial charge in [0.05, 0.1) is 0 Å². The smallest absolute Gasteiger partial charge is 0.178 e. The lowest BCUT2D eigenvalue weighted by Crippen LogP contribution is -1.99. The molecule has 0 aliphatic carbocycles. The van der Waals surface area contributed by atoms with Crippen molar-refractivity contribution in [3.63, 3.8) is 0 Å². The van der Waals surface area contributed by atoms with Crippen molar-refractivity contribution in [2.24, 2.45) is 0 Å². The Morgan fingerprint density at radius 3 is 2.26 bits per heavy atom. The lowest BCUT2D eigenvalue weighted by molar-refractivity contribution is 0.603. The molecule has 4 nitrogen and oxygen atoms in total. The number of nitrogens with zero attached hydrogens (tertiary/aromatic N) is 2. The van der Waals surface area contributed by atoms with Gasteiger partial charge in [0.15, 0.2) is 9.84 Å². The van der Waals surface area contributed by atoms with E-state index in [0.29, 0.717) is 5.01 Å². The number of benzene rings is 2. The largest absolute Gasteiger partial charge is 0.224 e. The van der Waals surface area contributed by atoms with Crippen LogP contribution in [-0.4, -0.2) is 18.6 Å². The first-order valence-corrected chi connectivity index (χ1v) is 9.49. The molecule has 0 saturated carbocycles. The van der Waals surface area contributed by atoms with E-state index in [2.05, 4.69) is 10.2 Å². The van der Waals surface area contributed by atoms with Gasteiger partial charge in [-0.2, -0.15) is 0 Å². The maximum absolute atomic E-state index is 12.2. The monoisotopic (exact) mass is 342 g/mol. The zero-order valence-corrected chi connectivity index (χ0v) is 13.8. The van der Waals surface area contributed by atoms with Gasteiger partial charge in [-0.1, -0.05) is 72.0 Å². The first kappa shape index (κ1) is 15.6. The fourth-order valence-electron chi connectivity index (χ4n) is 1.98. The Bertz CT molecular complexity index is 902. The van der Waals surface area contributed by atoms with Crippen molar-refractivity contribution in [3.8, 4) is 10.6 Å². The van der Waals surface area contributed by atoms with E-state index in [1.54, 1.807) is 6.08 Å². The van der Waals surface area contributed by atoms with Crippen LogP contribution < -0.4 is 0 Å². The first-order chi connectivity index (χ1) is 11.1. The average Bonchev–Trinajstić information content (AvgIpc) is 3.03. The van der Waals surface area contributed by atoms with Crippen LogP contribution in [0.3, 0.4) is 0 Å². The second-order valence-corrected chi connectivity index (χ2v) is 7.84. The Labute approximate surface area is 139 Å². The van der Waals surface area contributed by atoms with Crippen LogP contribution in [0.15, 0.2) is 66.1 Å². The van der Waals surface area contributed by atoms with Crippen molar-refractivity contribution in [1.82, 2.24) is 10.2 Å². The predicted octanol–water partition coefficient (Wildman–Crippen LogP) is 3.79. The summed E-state index contributed by atoms with van der Waals surface area (Å²) in [5.41, 5.74) is 1.78. The van der Waals surface area contributed by atoms with Crippen LogP contribution >= 0.6 is 11.3 Å². The summed E-state index contributed by atoms with van der Waals surface area (Å²) in [6.07, 6.45) is 1.59. The maximum Gasteiger partial charge on any atom is 0.178 e. The average molecular weight is 342 g/mol. The molecule has 6 heteroatoms. The zero-order valence-electron chi connectivity index (χ0n) is 12.2. The van der Waals surface area contributed by atoms with Gasteiger partial charge in [-0.3, -0.25) is 0 Å². The van der Waals surface area contributed by atoms with Crippen LogP contribution in [0.5, 0.6) is 0 Å². The van der Waals surface area contributed by atoms with E-state index in [0.717, 1.165) is 16.1 Å². The molecule has 2 aromatic carbocycles. The number of aromatic nitrogens is 2. The van der Waals surface area contributed by atoms with Crippen molar-refractivity contribution in [1.29, 1.82) is 0 Å². The maximum atomic E-state index is 12.2. The third-order valence-corrected chi connectivity index (χ3v) is 5.46. The zero-order chi connectivity index (χ0) is 16.1. The standard InChI is InChI=1S/C17H14N2O2S2/c20-23(21,12-11-14-7-3-1-4-8-14)13-16-18-19-17(22-16)15-9-5-2-6-10-15/h1-12H,13H2/b12-11-. The lowest BCUT2D eigenvalue weighted by Gasteiger charge is -1.95. The summed E-state index contributed by atoms with van der Waals surface area (Å²) in [6.45, 7) is 0. The summed E-state index contributed by atoms with van der Waals surface area (Å²) in [6, 6.07) is 18.9. The minimum atomic E-state index is -3.37. The molecule has 3 aromatic rings. The SMILES string of the molecule is O=S(=O)(/C=C\c1ccccc1)Cc1nnc(-c2ccccc2)s1. The molecule has 0 amide bonds. The quantitative estimate of drug-likeness (QED) is 0.708. The molecule has 1 aromatic heterocycles. The highest BCUT2D eigenvalue weighted by Crippen LogP contribution is 2.24. The van der Waals surface area contributed by atoms with Gasteiger partial charge in [0, 0.05) is 11.0 Å². The van der Waals surface area contributed by atoms with Gasteiger partial charge < -0.3 is 0 Å². The molecule has 0 spiro atoms. The van der Waals surface area contributed by atoms with Crippen LogP contribution in [0.2, 0.25) is 0 Å². The van der Waals surface area contributed by atoms with E-state index in [4.69, 9.17) is 0 Å². The molecule has 1 heterocycles. The lowest BCUT2D eigenvalue weighted by atomic mass is 10.2. The van der Waals surface area contributed by atoms with E-state index in [1.807, 2.05) is 60.7 Å². The topological polar surface area (TPSA) is 59.9 Å². The van der Waals surface area contributed by atoms with Crippen molar-refractivity contribution in [3.05, 3.63) is 76.6 Å². The van der Waals surface area contributed by atoms with Gasteiger partial charge in [0.1, 0.15) is 15.8 Å². The number of rotatable bonds is 5. The Hall–Kier alpha value is -2.31. The van der Waals surface area contributed by atoms with Crippen LogP contribution in [0.1, 0.15) is 10.6 Å². The Morgan fingerprint density at radius 2 is 1.57 bits per heavy atom. The molecule has 0 fully saturated rings. The molecule has 23 heavy (non-hydrogen) atoms. The van der Waals surface area contributed by atoms with Crippen molar-refractivity contribution >= 4 is 27.3 Å². The molecule has 0 radical (unpaired) electrons. The summed E-state index contributed by atoms with van der Waals surface area (Å²) in [5, 5.41) is 10.5. The molecular weight excluding hydrogens is 328 g/mol. The number of hydrogen-bond acceptors (Lipinski definition) is 5. The van der Waals surface area contributed by atoms with Crippen LogP contribution in [0.4, 0.5) is 0 Å². The molecule has 0 aliphatic rings. The van der Waals surface area contributed by atoms with E-state index in [1.165, 1.54) is 16.7 Å². The van der Waals surface area contributed by atoms with E-state index in [9.17, 15) is 8.42 Å². The normalized spacial score (nSPS) is 11.8. The Morgan fingerprint density at radius 1 is 0.913 bits per heavy atom. The van der Waals surface area contributed by atoms with Crippen molar-refractivity contribution in [2.75, 3.05) is 0 Å². The third kappa shape index (κ3) is 4.34. The highest BCUT2D eigenvalue weighted by molar-refractivity contribution is 7.93. The van der Waals surface area contributed by atoms with Crippen LogP contribution in [-0.2, 0) is 15.6 Å². The van der Waals surface area contributed by atoms with E-state index < -0.39 is 9.84 Å². The Kier molecular flexibility index (Phi) is 4.64. The predicted molar refractivity (Wildman–Crippen MR) is 93.4 cm³/mol. The molecular formula is C17H14N2O2S2. The van der Waals surface area contributed by atoms with E-state index in [-0.39, 0.29) is 5.75 Å².